The van der Waals surface area contributed by atoms with Gasteiger partial charge in [0.15, 0.2) is 0 Å². The van der Waals surface area contributed by atoms with Gasteiger partial charge in [-0.05, 0) is 6.42 Å². The van der Waals surface area contributed by atoms with Crippen molar-refractivity contribution >= 4 is 0 Å². The monoisotopic (exact) mass is 227 g/mol. The van der Waals surface area contributed by atoms with Crippen LogP contribution in [0.15, 0.2) is 36.7 Å². The SMILES string of the molecule is C1=CC(Cc2cnc(Cc3cn[nH]n3)[nH]2)C=C1. The highest BCUT2D eigenvalue weighted by Gasteiger charge is 2.08. The standard InChI is InChI=1S/C12H13N5/c1-2-4-9(3-1)5-10-7-13-12(15-10)6-11-8-14-17-16-11/h1-4,7-9H,5-6H2,(H,13,15)(H,14,16,17). The number of aromatic amines is 2. The van der Waals surface area contributed by atoms with Gasteiger partial charge in [-0.15, -0.1) is 0 Å². The Morgan fingerprint density at radius 1 is 1.18 bits per heavy atom. The summed E-state index contributed by atoms with van der Waals surface area (Å²) in [6.07, 6.45) is 13.8. The molecule has 1 aliphatic rings. The molecule has 1 aliphatic carbocycles. The Morgan fingerprint density at radius 3 is 2.82 bits per heavy atom. The van der Waals surface area contributed by atoms with Crippen LogP contribution in [0.4, 0.5) is 0 Å². The first-order valence-corrected chi connectivity index (χ1v) is 5.62. The maximum atomic E-state index is 4.35. The van der Waals surface area contributed by atoms with Crippen molar-refractivity contribution in [2.24, 2.45) is 5.92 Å². The highest BCUT2D eigenvalue weighted by Crippen LogP contribution is 2.15. The van der Waals surface area contributed by atoms with E-state index < -0.39 is 0 Å². The fourth-order valence-corrected chi connectivity index (χ4v) is 1.95. The van der Waals surface area contributed by atoms with Gasteiger partial charge in [-0.1, -0.05) is 24.3 Å². The number of allylic oxidation sites excluding steroid dienone is 4. The lowest BCUT2D eigenvalue weighted by molar-refractivity contribution is 0.791. The molecule has 17 heavy (non-hydrogen) atoms. The number of hydrogen-bond donors (Lipinski definition) is 2. The van der Waals surface area contributed by atoms with Crippen LogP contribution >= 0.6 is 0 Å². The molecule has 2 aromatic rings. The minimum Gasteiger partial charge on any atom is -0.346 e. The summed E-state index contributed by atoms with van der Waals surface area (Å²) in [7, 11) is 0. The molecule has 0 aromatic carbocycles. The summed E-state index contributed by atoms with van der Waals surface area (Å²) >= 11 is 0. The van der Waals surface area contributed by atoms with E-state index in [0.717, 1.165) is 23.6 Å². The van der Waals surface area contributed by atoms with Crippen molar-refractivity contribution in [1.29, 1.82) is 0 Å². The van der Waals surface area contributed by atoms with Crippen LogP contribution in [0.1, 0.15) is 17.2 Å². The van der Waals surface area contributed by atoms with Gasteiger partial charge in [-0.3, -0.25) is 0 Å². The van der Waals surface area contributed by atoms with Gasteiger partial charge in [0.1, 0.15) is 5.82 Å². The van der Waals surface area contributed by atoms with Gasteiger partial charge in [-0.25, -0.2) is 4.98 Å². The molecule has 3 rings (SSSR count). The fourth-order valence-electron chi connectivity index (χ4n) is 1.95. The molecule has 0 spiro atoms. The molecule has 0 fully saturated rings. The third kappa shape index (κ3) is 2.33. The largest absolute Gasteiger partial charge is 0.346 e. The summed E-state index contributed by atoms with van der Waals surface area (Å²) in [5.41, 5.74) is 2.05. The van der Waals surface area contributed by atoms with E-state index in [1.807, 2.05) is 6.20 Å². The Bertz CT molecular complexity index is 523. The van der Waals surface area contributed by atoms with Gasteiger partial charge < -0.3 is 4.98 Å². The Balaban J connectivity index is 1.66. The smallest absolute Gasteiger partial charge is 0.112 e. The number of nitrogens with one attached hydrogen (secondary N) is 2. The fraction of sp³-hybridized carbons (Fsp3) is 0.250. The van der Waals surface area contributed by atoms with Crippen LogP contribution in [-0.2, 0) is 12.8 Å². The van der Waals surface area contributed by atoms with Crippen molar-refractivity contribution < 1.29 is 0 Å². The third-order valence-corrected chi connectivity index (χ3v) is 2.78. The summed E-state index contributed by atoms with van der Waals surface area (Å²) in [6, 6.07) is 0. The van der Waals surface area contributed by atoms with Crippen molar-refractivity contribution in [2.75, 3.05) is 0 Å². The van der Waals surface area contributed by atoms with Crippen molar-refractivity contribution in [1.82, 2.24) is 25.4 Å². The Hall–Kier alpha value is -2.17. The Kier molecular flexibility index (Phi) is 2.57. The van der Waals surface area contributed by atoms with Gasteiger partial charge in [0.2, 0.25) is 0 Å². The molecule has 0 aliphatic heterocycles. The minimum absolute atomic E-state index is 0.496. The van der Waals surface area contributed by atoms with Crippen LogP contribution in [0, 0.1) is 5.92 Å². The Labute approximate surface area is 98.7 Å². The van der Waals surface area contributed by atoms with E-state index in [-0.39, 0.29) is 0 Å². The second kappa shape index (κ2) is 4.37. The first-order valence-electron chi connectivity index (χ1n) is 5.62. The van der Waals surface area contributed by atoms with Crippen molar-refractivity contribution in [2.45, 2.75) is 12.8 Å². The lowest BCUT2D eigenvalue weighted by atomic mass is 10.1. The molecule has 0 saturated carbocycles. The number of rotatable bonds is 4. The molecule has 2 N–H and O–H groups in total. The number of nitrogens with zero attached hydrogens (tertiary/aromatic N) is 3. The zero-order valence-corrected chi connectivity index (χ0v) is 9.30. The van der Waals surface area contributed by atoms with E-state index in [9.17, 15) is 0 Å². The van der Waals surface area contributed by atoms with E-state index in [1.165, 1.54) is 0 Å². The predicted octanol–water partition coefficient (Wildman–Crippen LogP) is 1.40. The van der Waals surface area contributed by atoms with Crippen LogP contribution in [0.3, 0.4) is 0 Å². The number of aromatic nitrogens is 5. The number of hydrogen-bond acceptors (Lipinski definition) is 3. The maximum absolute atomic E-state index is 4.35. The van der Waals surface area contributed by atoms with Crippen LogP contribution < -0.4 is 0 Å². The molecule has 0 bridgehead atoms. The van der Waals surface area contributed by atoms with Gasteiger partial charge in [0.25, 0.3) is 0 Å². The highest BCUT2D eigenvalue weighted by atomic mass is 15.3. The van der Waals surface area contributed by atoms with Crippen LogP contribution in [0.2, 0.25) is 0 Å². The molecule has 0 atom stereocenters. The molecular weight excluding hydrogens is 214 g/mol. The molecule has 2 heterocycles. The number of imidazole rings is 1. The lowest BCUT2D eigenvalue weighted by Gasteiger charge is -2.01. The van der Waals surface area contributed by atoms with Gasteiger partial charge in [-0.2, -0.15) is 15.4 Å². The molecule has 2 aromatic heterocycles. The van der Waals surface area contributed by atoms with E-state index in [4.69, 9.17) is 0 Å². The highest BCUT2D eigenvalue weighted by molar-refractivity contribution is 5.20. The van der Waals surface area contributed by atoms with E-state index >= 15 is 0 Å². The lowest BCUT2D eigenvalue weighted by Crippen LogP contribution is -1.97. The molecule has 86 valence electrons. The molecule has 5 heteroatoms. The summed E-state index contributed by atoms with van der Waals surface area (Å²) in [5, 5.41) is 10.4. The summed E-state index contributed by atoms with van der Waals surface area (Å²) in [4.78, 5) is 7.67. The molecule has 5 nitrogen and oxygen atoms in total. The normalized spacial score (nSPS) is 14.8. The minimum atomic E-state index is 0.496. The molecule has 0 amide bonds. The second-order valence-electron chi connectivity index (χ2n) is 4.13. The van der Waals surface area contributed by atoms with Crippen molar-refractivity contribution in [3.63, 3.8) is 0 Å². The maximum Gasteiger partial charge on any atom is 0.112 e. The van der Waals surface area contributed by atoms with Gasteiger partial charge in [0, 0.05) is 17.8 Å². The zero-order valence-electron chi connectivity index (χ0n) is 9.30. The van der Waals surface area contributed by atoms with Crippen molar-refractivity contribution in [3.05, 3.63) is 53.9 Å². The predicted molar refractivity (Wildman–Crippen MR) is 63.3 cm³/mol. The zero-order chi connectivity index (χ0) is 11.5. The topological polar surface area (TPSA) is 70.2 Å². The first kappa shape index (κ1) is 10.0. The van der Waals surface area contributed by atoms with Crippen LogP contribution in [0.5, 0.6) is 0 Å². The van der Waals surface area contributed by atoms with Crippen LogP contribution in [0.25, 0.3) is 0 Å². The average Bonchev–Trinajstić information content (AvgIpc) is 3.02. The quantitative estimate of drug-likeness (QED) is 0.829. The van der Waals surface area contributed by atoms with Gasteiger partial charge in [0.05, 0.1) is 18.3 Å². The van der Waals surface area contributed by atoms with Crippen LogP contribution in [-0.4, -0.2) is 25.4 Å². The third-order valence-electron chi connectivity index (χ3n) is 2.78. The van der Waals surface area contributed by atoms with E-state index in [2.05, 4.69) is 49.7 Å². The van der Waals surface area contributed by atoms with E-state index in [0.29, 0.717) is 12.3 Å². The van der Waals surface area contributed by atoms with Crippen molar-refractivity contribution in [3.8, 4) is 0 Å². The molecule has 0 unspecified atom stereocenters. The summed E-state index contributed by atoms with van der Waals surface area (Å²) < 4.78 is 0. The Morgan fingerprint density at radius 2 is 2.06 bits per heavy atom. The molecule has 0 radical (unpaired) electrons. The molecule has 0 saturated heterocycles. The van der Waals surface area contributed by atoms with Gasteiger partial charge >= 0.3 is 0 Å². The summed E-state index contributed by atoms with van der Waals surface area (Å²) in [5.74, 6) is 1.43. The number of H-pyrrole nitrogens is 2. The summed E-state index contributed by atoms with van der Waals surface area (Å²) in [6.45, 7) is 0. The second-order valence-corrected chi connectivity index (χ2v) is 4.13. The molecular formula is C12H13N5. The van der Waals surface area contributed by atoms with E-state index in [1.54, 1.807) is 6.20 Å². The average molecular weight is 227 g/mol. The first-order chi connectivity index (χ1) is 8.40.